The van der Waals surface area contributed by atoms with E-state index in [-0.39, 0.29) is 18.0 Å². The fourth-order valence-corrected chi connectivity index (χ4v) is 3.66. The highest BCUT2D eigenvalue weighted by Gasteiger charge is 2.27. The summed E-state index contributed by atoms with van der Waals surface area (Å²) in [5.74, 6) is -0.0557. The second kappa shape index (κ2) is 6.49. The molecule has 4 heterocycles. The second-order valence-corrected chi connectivity index (χ2v) is 6.71. The monoisotopic (exact) mass is 329 g/mol. The van der Waals surface area contributed by atoms with Crippen molar-refractivity contribution < 1.29 is 9.32 Å². The van der Waals surface area contributed by atoms with Gasteiger partial charge in [0.25, 0.3) is 11.6 Å². The molecule has 1 amide bonds. The number of amides is 1. The van der Waals surface area contributed by atoms with Crippen molar-refractivity contribution in [3.8, 4) is 0 Å². The normalized spacial score (nSPS) is 22.1. The zero-order chi connectivity index (χ0) is 16.5. The maximum atomic E-state index is 12.9. The zero-order valence-corrected chi connectivity index (χ0v) is 13.9. The van der Waals surface area contributed by atoms with Crippen molar-refractivity contribution in [1.29, 1.82) is 0 Å². The fourth-order valence-electron chi connectivity index (χ4n) is 3.66. The number of aromatic nitrogens is 2. The molecule has 2 fully saturated rings. The van der Waals surface area contributed by atoms with Crippen LogP contribution in [0.5, 0.6) is 0 Å². The molecule has 4 rings (SSSR count). The molecule has 0 aromatic carbocycles. The van der Waals surface area contributed by atoms with E-state index in [9.17, 15) is 4.79 Å². The van der Waals surface area contributed by atoms with Gasteiger partial charge in [-0.3, -0.25) is 4.79 Å². The van der Waals surface area contributed by atoms with Crippen molar-refractivity contribution in [2.24, 2.45) is 0 Å². The van der Waals surface area contributed by atoms with Crippen molar-refractivity contribution in [3.05, 3.63) is 23.0 Å². The average Bonchev–Trinajstić information content (AvgIpc) is 3.23. The Morgan fingerprint density at radius 2 is 2.12 bits per heavy atom. The number of hydrogen-bond acceptors (Lipinski definition) is 6. The highest BCUT2D eigenvalue weighted by molar-refractivity contribution is 6.06. The van der Waals surface area contributed by atoms with E-state index in [0.29, 0.717) is 11.3 Å². The minimum absolute atomic E-state index is 0.0557. The van der Waals surface area contributed by atoms with E-state index in [0.717, 1.165) is 62.1 Å². The SMILES string of the molecule is Cc1cc(C(=O)NC2CCNCC2)c2c(C3CCCN3)noc2n1. The Balaban J connectivity index is 1.69. The summed E-state index contributed by atoms with van der Waals surface area (Å²) in [6.45, 7) is 4.73. The van der Waals surface area contributed by atoms with Gasteiger partial charge in [0.2, 0.25) is 0 Å². The molecule has 0 spiro atoms. The Hall–Kier alpha value is -1.99. The van der Waals surface area contributed by atoms with E-state index in [4.69, 9.17) is 4.52 Å². The van der Waals surface area contributed by atoms with Gasteiger partial charge in [-0.2, -0.15) is 0 Å². The summed E-state index contributed by atoms with van der Waals surface area (Å²) in [5, 5.41) is 14.9. The first-order valence-corrected chi connectivity index (χ1v) is 8.74. The molecule has 7 heteroatoms. The van der Waals surface area contributed by atoms with Crippen LogP contribution in [0, 0.1) is 6.92 Å². The van der Waals surface area contributed by atoms with Crippen molar-refractivity contribution >= 4 is 17.0 Å². The maximum Gasteiger partial charge on any atom is 0.259 e. The summed E-state index contributed by atoms with van der Waals surface area (Å²) in [6, 6.07) is 2.20. The van der Waals surface area contributed by atoms with Crippen LogP contribution < -0.4 is 16.0 Å². The molecule has 2 aromatic heterocycles. The Bertz CT molecular complexity index is 745. The topological polar surface area (TPSA) is 92.1 Å². The van der Waals surface area contributed by atoms with Crippen LogP contribution in [0.1, 0.15) is 53.5 Å². The number of carbonyl (C=O) groups is 1. The van der Waals surface area contributed by atoms with Crippen molar-refractivity contribution in [2.45, 2.75) is 44.7 Å². The van der Waals surface area contributed by atoms with Crippen LogP contribution in [0.3, 0.4) is 0 Å². The first kappa shape index (κ1) is 15.5. The third-order valence-corrected chi connectivity index (χ3v) is 4.91. The molecule has 0 radical (unpaired) electrons. The fraction of sp³-hybridized carbons (Fsp3) is 0.588. The van der Waals surface area contributed by atoms with E-state index < -0.39 is 0 Å². The third-order valence-electron chi connectivity index (χ3n) is 4.91. The maximum absolute atomic E-state index is 12.9. The molecule has 2 aromatic rings. The quantitative estimate of drug-likeness (QED) is 0.789. The van der Waals surface area contributed by atoms with Crippen molar-refractivity contribution in [3.63, 3.8) is 0 Å². The first-order chi connectivity index (χ1) is 11.7. The minimum Gasteiger partial charge on any atom is -0.349 e. The third kappa shape index (κ3) is 2.89. The number of nitrogens with one attached hydrogen (secondary N) is 3. The van der Waals surface area contributed by atoms with Crippen LogP contribution in [-0.4, -0.2) is 41.7 Å². The van der Waals surface area contributed by atoms with Gasteiger partial charge in [0.15, 0.2) is 0 Å². The summed E-state index contributed by atoms with van der Waals surface area (Å²) in [5.41, 5.74) is 2.65. The predicted molar refractivity (Wildman–Crippen MR) is 89.9 cm³/mol. The summed E-state index contributed by atoms with van der Waals surface area (Å²) in [4.78, 5) is 17.3. The van der Waals surface area contributed by atoms with Gasteiger partial charge < -0.3 is 20.5 Å². The van der Waals surface area contributed by atoms with E-state index in [2.05, 4.69) is 26.1 Å². The lowest BCUT2D eigenvalue weighted by molar-refractivity contribution is 0.0931. The van der Waals surface area contributed by atoms with Crippen LogP contribution in [0.15, 0.2) is 10.6 Å². The number of rotatable bonds is 3. The predicted octanol–water partition coefficient (Wildman–Crippen LogP) is 1.44. The molecule has 2 saturated heterocycles. The molecule has 24 heavy (non-hydrogen) atoms. The van der Waals surface area contributed by atoms with Crippen molar-refractivity contribution in [1.82, 2.24) is 26.1 Å². The lowest BCUT2D eigenvalue weighted by Crippen LogP contribution is -2.42. The van der Waals surface area contributed by atoms with E-state index >= 15 is 0 Å². The van der Waals surface area contributed by atoms with Gasteiger partial charge in [-0.1, -0.05) is 5.16 Å². The van der Waals surface area contributed by atoms with E-state index in [1.54, 1.807) is 0 Å². The van der Waals surface area contributed by atoms with Crippen LogP contribution >= 0.6 is 0 Å². The van der Waals surface area contributed by atoms with E-state index in [1.807, 2.05) is 13.0 Å². The molecule has 0 bridgehead atoms. The van der Waals surface area contributed by atoms with Crippen LogP contribution in [0.2, 0.25) is 0 Å². The lowest BCUT2D eigenvalue weighted by atomic mass is 10.0. The largest absolute Gasteiger partial charge is 0.349 e. The number of nitrogens with zero attached hydrogens (tertiary/aromatic N) is 2. The number of pyridine rings is 1. The molecule has 2 aliphatic rings. The number of fused-ring (bicyclic) bond motifs is 1. The van der Waals surface area contributed by atoms with Crippen LogP contribution in [0.4, 0.5) is 0 Å². The number of aryl methyl sites for hydroxylation is 1. The number of piperidine rings is 1. The summed E-state index contributed by atoms with van der Waals surface area (Å²) in [6.07, 6.45) is 4.03. The molecule has 2 aliphatic heterocycles. The Labute approximate surface area is 140 Å². The van der Waals surface area contributed by atoms with Gasteiger partial charge in [0.1, 0.15) is 5.69 Å². The second-order valence-electron chi connectivity index (χ2n) is 6.71. The molecule has 128 valence electrons. The Kier molecular flexibility index (Phi) is 4.20. The molecule has 1 unspecified atom stereocenters. The van der Waals surface area contributed by atoms with Crippen LogP contribution in [-0.2, 0) is 0 Å². The Morgan fingerprint density at radius 1 is 1.29 bits per heavy atom. The van der Waals surface area contributed by atoms with Gasteiger partial charge >= 0.3 is 0 Å². The van der Waals surface area contributed by atoms with Gasteiger partial charge in [-0.05, 0) is 58.3 Å². The smallest absolute Gasteiger partial charge is 0.259 e. The molecule has 0 aliphatic carbocycles. The van der Waals surface area contributed by atoms with Gasteiger partial charge in [0.05, 0.1) is 17.0 Å². The molecule has 3 N–H and O–H groups in total. The molecule has 7 nitrogen and oxygen atoms in total. The minimum atomic E-state index is -0.0557. The Morgan fingerprint density at radius 3 is 2.88 bits per heavy atom. The average molecular weight is 329 g/mol. The highest BCUT2D eigenvalue weighted by Crippen LogP contribution is 2.31. The summed E-state index contributed by atoms with van der Waals surface area (Å²) < 4.78 is 5.43. The van der Waals surface area contributed by atoms with Gasteiger partial charge in [0, 0.05) is 11.7 Å². The number of hydrogen-bond donors (Lipinski definition) is 3. The lowest BCUT2D eigenvalue weighted by Gasteiger charge is -2.23. The van der Waals surface area contributed by atoms with E-state index in [1.165, 1.54) is 0 Å². The zero-order valence-electron chi connectivity index (χ0n) is 13.9. The van der Waals surface area contributed by atoms with Crippen LogP contribution in [0.25, 0.3) is 11.1 Å². The first-order valence-electron chi connectivity index (χ1n) is 8.74. The molecular formula is C17H23N5O2. The standard InChI is InChI=1S/C17H23N5O2/c1-10-9-12(16(23)21-11-4-7-18-8-5-11)14-15(13-3-2-6-19-13)22-24-17(14)20-10/h9,11,13,18-19H,2-8H2,1H3,(H,21,23). The summed E-state index contributed by atoms with van der Waals surface area (Å²) in [7, 11) is 0. The summed E-state index contributed by atoms with van der Waals surface area (Å²) >= 11 is 0. The molecule has 1 atom stereocenters. The van der Waals surface area contributed by atoms with Crippen molar-refractivity contribution in [2.75, 3.05) is 19.6 Å². The highest BCUT2D eigenvalue weighted by atomic mass is 16.5. The van der Waals surface area contributed by atoms with Gasteiger partial charge in [-0.15, -0.1) is 0 Å². The molecule has 0 saturated carbocycles. The molecular weight excluding hydrogens is 306 g/mol. The number of carbonyl (C=O) groups excluding carboxylic acids is 1. The van der Waals surface area contributed by atoms with Gasteiger partial charge in [-0.25, -0.2) is 4.98 Å².